The maximum atomic E-state index is 14.3. The van der Waals surface area contributed by atoms with Crippen LogP contribution >= 0.6 is 11.3 Å². The van der Waals surface area contributed by atoms with Crippen molar-refractivity contribution in [2.75, 3.05) is 6.79 Å². The van der Waals surface area contributed by atoms with Crippen LogP contribution in [0, 0.1) is 21.7 Å². The van der Waals surface area contributed by atoms with E-state index in [2.05, 4.69) is 4.99 Å². The molecule has 0 fully saturated rings. The summed E-state index contributed by atoms with van der Waals surface area (Å²) in [5.74, 6) is -0.215. The number of benzene rings is 3. The highest BCUT2D eigenvalue weighted by molar-refractivity contribution is 7.07. The van der Waals surface area contributed by atoms with Crippen LogP contribution in [0.4, 0.5) is 20.2 Å². The van der Waals surface area contributed by atoms with Crippen LogP contribution in [0.25, 0.3) is 11.3 Å². The number of non-ortho nitro benzene ring substituents is 1. The summed E-state index contributed by atoms with van der Waals surface area (Å²) < 4.78 is 40.2. The topological polar surface area (TPSA) is 78.9 Å². The number of thiazole rings is 1. The van der Waals surface area contributed by atoms with Gasteiger partial charge in [0.1, 0.15) is 11.5 Å². The standard InChI is InChI=1S/C23H15F2N3O4S/c24-16-5-6-19(18(25)10-16)26-23-27(11-14-4-7-21-22(8-14)32-13-31-21)20(12-33-23)15-2-1-3-17(9-15)28(29)30/h1-10,12H,11,13H2. The zero-order chi connectivity index (χ0) is 22.9. The minimum Gasteiger partial charge on any atom is -0.454 e. The number of hydrogen-bond acceptors (Lipinski definition) is 6. The first-order valence-corrected chi connectivity index (χ1v) is 10.7. The highest BCUT2D eigenvalue weighted by atomic mass is 32.1. The largest absolute Gasteiger partial charge is 0.454 e. The normalized spacial score (nSPS) is 12.8. The van der Waals surface area contributed by atoms with Gasteiger partial charge in [-0.25, -0.2) is 13.8 Å². The molecule has 5 rings (SSSR count). The fourth-order valence-corrected chi connectivity index (χ4v) is 4.40. The van der Waals surface area contributed by atoms with Gasteiger partial charge in [0.15, 0.2) is 22.1 Å². The molecule has 10 heteroatoms. The molecule has 0 N–H and O–H groups in total. The van der Waals surface area contributed by atoms with Crippen molar-refractivity contribution in [2.24, 2.45) is 4.99 Å². The molecule has 166 valence electrons. The van der Waals surface area contributed by atoms with E-state index in [9.17, 15) is 18.9 Å². The first-order valence-electron chi connectivity index (χ1n) is 9.79. The van der Waals surface area contributed by atoms with Crippen molar-refractivity contribution < 1.29 is 23.2 Å². The lowest BCUT2D eigenvalue weighted by molar-refractivity contribution is -0.384. The molecule has 0 unspecified atom stereocenters. The van der Waals surface area contributed by atoms with Crippen LogP contribution in [0.15, 0.2) is 71.0 Å². The average Bonchev–Trinajstić information content (AvgIpc) is 3.42. The third-order valence-electron chi connectivity index (χ3n) is 5.05. The summed E-state index contributed by atoms with van der Waals surface area (Å²) >= 11 is 1.25. The molecule has 0 saturated heterocycles. The van der Waals surface area contributed by atoms with E-state index in [-0.39, 0.29) is 18.2 Å². The van der Waals surface area contributed by atoms with Crippen molar-refractivity contribution in [3.05, 3.63) is 98.2 Å². The number of nitro groups is 1. The second-order valence-corrected chi connectivity index (χ2v) is 8.03. The third-order valence-corrected chi connectivity index (χ3v) is 5.92. The molecule has 0 aliphatic carbocycles. The van der Waals surface area contributed by atoms with Gasteiger partial charge in [0.2, 0.25) is 6.79 Å². The molecular formula is C23H15F2N3O4S. The molecule has 2 heterocycles. The molecular weight excluding hydrogens is 452 g/mol. The summed E-state index contributed by atoms with van der Waals surface area (Å²) in [7, 11) is 0. The lowest BCUT2D eigenvalue weighted by Crippen LogP contribution is -2.17. The number of nitrogens with zero attached hydrogens (tertiary/aromatic N) is 3. The smallest absolute Gasteiger partial charge is 0.270 e. The lowest BCUT2D eigenvalue weighted by atomic mass is 10.1. The van der Waals surface area contributed by atoms with Gasteiger partial charge in [-0.05, 0) is 29.8 Å². The fourth-order valence-electron chi connectivity index (χ4n) is 3.48. The van der Waals surface area contributed by atoms with Gasteiger partial charge in [-0.1, -0.05) is 18.2 Å². The number of ether oxygens (including phenoxy) is 2. The van der Waals surface area contributed by atoms with Gasteiger partial charge < -0.3 is 14.0 Å². The van der Waals surface area contributed by atoms with Gasteiger partial charge in [0.05, 0.1) is 17.2 Å². The summed E-state index contributed by atoms with van der Waals surface area (Å²) in [6.45, 7) is 0.480. The van der Waals surface area contributed by atoms with E-state index >= 15 is 0 Å². The Kier molecular flexibility index (Phi) is 5.35. The predicted molar refractivity (Wildman–Crippen MR) is 118 cm³/mol. The Morgan fingerprint density at radius 1 is 1.06 bits per heavy atom. The predicted octanol–water partition coefficient (Wildman–Crippen LogP) is 5.41. The Morgan fingerprint density at radius 2 is 1.91 bits per heavy atom. The van der Waals surface area contributed by atoms with Crippen molar-refractivity contribution in [3.63, 3.8) is 0 Å². The van der Waals surface area contributed by atoms with Crippen molar-refractivity contribution in [1.29, 1.82) is 0 Å². The Balaban J connectivity index is 1.65. The second kappa shape index (κ2) is 8.47. The zero-order valence-corrected chi connectivity index (χ0v) is 17.7. The van der Waals surface area contributed by atoms with Gasteiger partial charge in [-0.15, -0.1) is 11.3 Å². The number of halogens is 2. The number of aromatic nitrogens is 1. The molecule has 4 aromatic rings. The van der Waals surface area contributed by atoms with Crippen LogP contribution in [-0.2, 0) is 6.54 Å². The van der Waals surface area contributed by atoms with Gasteiger partial charge >= 0.3 is 0 Å². The quantitative estimate of drug-likeness (QED) is 0.290. The summed E-state index contributed by atoms with van der Waals surface area (Å²) in [5, 5.41) is 13.1. The molecule has 33 heavy (non-hydrogen) atoms. The summed E-state index contributed by atoms with van der Waals surface area (Å²) in [5.41, 5.74) is 2.09. The minimum absolute atomic E-state index is 0.0109. The monoisotopic (exact) mass is 467 g/mol. The summed E-state index contributed by atoms with van der Waals surface area (Å²) in [6, 6.07) is 14.9. The van der Waals surface area contributed by atoms with E-state index in [0.717, 1.165) is 17.7 Å². The lowest BCUT2D eigenvalue weighted by Gasteiger charge is -2.10. The van der Waals surface area contributed by atoms with Crippen LogP contribution in [0.3, 0.4) is 0 Å². The number of nitro benzene ring substituents is 1. The van der Waals surface area contributed by atoms with Crippen LogP contribution in [-0.4, -0.2) is 16.3 Å². The highest BCUT2D eigenvalue weighted by Gasteiger charge is 2.16. The van der Waals surface area contributed by atoms with Crippen molar-refractivity contribution in [3.8, 4) is 22.8 Å². The van der Waals surface area contributed by atoms with Gasteiger partial charge in [-0.3, -0.25) is 10.1 Å². The first-order chi connectivity index (χ1) is 16.0. The van der Waals surface area contributed by atoms with Crippen LogP contribution < -0.4 is 14.3 Å². The third kappa shape index (κ3) is 4.20. The van der Waals surface area contributed by atoms with Gasteiger partial charge in [0, 0.05) is 29.1 Å². The maximum Gasteiger partial charge on any atom is 0.270 e. The molecule has 0 atom stereocenters. The van der Waals surface area contributed by atoms with Crippen LogP contribution in [0.1, 0.15) is 5.56 Å². The van der Waals surface area contributed by atoms with Gasteiger partial charge in [-0.2, -0.15) is 0 Å². The summed E-state index contributed by atoms with van der Waals surface area (Å²) in [6.07, 6.45) is 0. The Morgan fingerprint density at radius 3 is 2.73 bits per heavy atom. The van der Waals surface area contributed by atoms with Crippen molar-refractivity contribution in [1.82, 2.24) is 4.57 Å². The SMILES string of the molecule is O=[N+]([O-])c1cccc(-c2csc(=Nc3ccc(F)cc3F)n2Cc2ccc3c(c2)OCO3)c1. The summed E-state index contributed by atoms with van der Waals surface area (Å²) in [4.78, 5) is 15.7. The fraction of sp³-hybridized carbons (Fsp3) is 0.0870. The molecule has 0 amide bonds. The van der Waals surface area contributed by atoms with E-state index in [4.69, 9.17) is 9.47 Å². The Labute approximate surface area is 190 Å². The van der Waals surface area contributed by atoms with E-state index in [1.165, 1.54) is 29.5 Å². The molecule has 1 aliphatic heterocycles. The molecule has 0 spiro atoms. The zero-order valence-electron chi connectivity index (χ0n) is 16.9. The van der Waals surface area contributed by atoms with Crippen molar-refractivity contribution >= 4 is 22.7 Å². The molecule has 0 radical (unpaired) electrons. The maximum absolute atomic E-state index is 14.3. The van der Waals surface area contributed by atoms with E-state index in [1.54, 1.807) is 23.6 Å². The van der Waals surface area contributed by atoms with Crippen LogP contribution in [0.5, 0.6) is 11.5 Å². The number of hydrogen-bond donors (Lipinski definition) is 0. The van der Waals surface area contributed by atoms with E-state index < -0.39 is 16.6 Å². The average molecular weight is 467 g/mol. The Hall–Kier alpha value is -4.05. The number of fused-ring (bicyclic) bond motifs is 1. The molecule has 1 aliphatic rings. The van der Waals surface area contributed by atoms with E-state index in [0.29, 0.717) is 34.1 Å². The van der Waals surface area contributed by atoms with Gasteiger partial charge in [0.25, 0.3) is 5.69 Å². The minimum atomic E-state index is -0.782. The number of rotatable bonds is 5. The molecule has 0 bridgehead atoms. The second-order valence-electron chi connectivity index (χ2n) is 7.19. The molecule has 0 saturated carbocycles. The first kappa shape index (κ1) is 20.8. The Bertz CT molecular complexity index is 1450. The van der Waals surface area contributed by atoms with Crippen molar-refractivity contribution in [2.45, 2.75) is 6.54 Å². The van der Waals surface area contributed by atoms with Crippen LogP contribution in [0.2, 0.25) is 0 Å². The molecule has 7 nitrogen and oxygen atoms in total. The highest BCUT2D eigenvalue weighted by Crippen LogP contribution is 2.33. The molecule has 1 aromatic heterocycles. The van der Waals surface area contributed by atoms with E-state index in [1.807, 2.05) is 16.7 Å². The molecule has 3 aromatic carbocycles.